The second-order valence-corrected chi connectivity index (χ2v) is 8.62. The molecule has 1 aliphatic rings. The molecule has 0 radical (unpaired) electrons. The maximum absolute atomic E-state index is 13.6. The van der Waals surface area contributed by atoms with E-state index in [0.29, 0.717) is 36.2 Å². The molecule has 1 heterocycles. The van der Waals surface area contributed by atoms with Crippen LogP contribution in [0.5, 0.6) is 0 Å². The molecule has 0 aliphatic carbocycles. The first kappa shape index (κ1) is 22.8. The van der Waals surface area contributed by atoms with E-state index in [9.17, 15) is 14.0 Å². The molecule has 0 saturated carbocycles. The van der Waals surface area contributed by atoms with Gasteiger partial charge in [-0.15, -0.1) is 11.8 Å². The van der Waals surface area contributed by atoms with Crippen LogP contribution < -0.4 is 5.48 Å². The van der Waals surface area contributed by atoms with Crippen LogP contribution in [-0.2, 0) is 17.8 Å². The Morgan fingerprint density at radius 3 is 2.36 bits per heavy atom. The standard InChI is InChI=1S/C26H23FN2O3S/c1-33-23-10-2-17(3-11-23)14-24(19-6-8-22(27)9-7-19)26(31)29-13-12-18-4-5-20(25(30)28-32)15-21(18)16-29/h2-11,14-15,32H,12-13,16H2,1H3,(H,28,30). The monoisotopic (exact) mass is 462 g/mol. The highest BCUT2D eigenvalue weighted by Gasteiger charge is 2.25. The smallest absolute Gasteiger partial charge is 0.274 e. The minimum absolute atomic E-state index is 0.168. The Morgan fingerprint density at radius 1 is 1.00 bits per heavy atom. The van der Waals surface area contributed by atoms with Crippen molar-refractivity contribution in [2.24, 2.45) is 0 Å². The summed E-state index contributed by atoms with van der Waals surface area (Å²) >= 11 is 1.64. The first-order valence-corrected chi connectivity index (χ1v) is 11.7. The van der Waals surface area contributed by atoms with E-state index in [2.05, 4.69) is 0 Å². The van der Waals surface area contributed by atoms with Crippen LogP contribution in [0.4, 0.5) is 4.39 Å². The summed E-state index contributed by atoms with van der Waals surface area (Å²) < 4.78 is 13.5. The van der Waals surface area contributed by atoms with Crippen LogP contribution in [-0.4, -0.2) is 34.7 Å². The van der Waals surface area contributed by atoms with Crippen LogP contribution in [0.2, 0.25) is 0 Å². The van der Waals surface area contributed by atoms with Crippen molar-refractivity contribution in [1.29, 1.82) is 0 Å². The molecule has 0 unspecified atom stereocenters. The van der Waals surface area contributed by atoms with Crippen molar-refractivity contribution < 1.29 is 19.2 Å². The number of hydrogen-bond donors (Lipinski definition) is 2. The maximum atomic E-state index is 13.6. The van der Waals surface area contributed by atoms with Gasteiger partial charge in [-0.1, -0.05) is 30.3 Å². The fourth-order valence-corrected chi connectivity index (χ4v) is 4.28. The first-order valence-electron chi connectivity index (χ1n) is 10.5. The third kappa shape index (κ3) is 5.16. The second kappa shape index (κ2) is 10.0. The molecule has 0 atom stereocenters. The Labute approximate surface area is 195 Å². The third-order valence-corrected chi connectivity index (χ3v) is 6.43. The molecule has 3 aromatic carbocycles. The molecule has 2 amide bonds. The van der Waals surface area contributed by atoms with Gasteiger partial charge in [0.25, 0.3) is 11.8 Å². The Morgan fingerprint density at radius 2 is 1.70 bits per heavy atom. The number of rotatable bonds is 5. The predicted octanol–water partition coefficient (Wildman–Crippen LogP) is 4.79. The number of carbonyl (C=O) groups excluding carboxylic acids is 2. The SMILES string of the molecule is CSc1ccc(C=C(C(=O)N2CCc3ccc(C(=O)NO)cc3C2)c2ccc(F)cc2)cc1. The Balaban J connectivity index is 1.67. The highest BCUT2D eigenvalue weighted by Crippen LogP contribution is 2.27. The van der Waals surface area contributed by atoms with Crippen molar-refractivity contribution in [2.45, 2.75) is 17.9 Å². The molecule has 0 aromatic heterocycles. The van der Waals surface area contributed by atoms with Gasteiger partial charge in [0, 0.05) is 29.1 Å². The highest BCUT2D eigenvalue weighted by atomic mass is 32.2. The molecular weight excluding hydrogens is 439 g/mol. The zero-order valence-electron chi connectivity index (χ0n) is 18.0. The van der Waals surface area contributed by atoms with E-state index >= 15 is 0 Å². The van der Waals surface area contributed by atoms with Gasteiger partial charge in [-0.05, 0) is 77.4 Å². The van der Waals surface area contributed by atoms with Crippen LogP contribution in [0.15, 0.2) is 71.6 Å². The zero-order valence-corrected chi connectivity index (χ0v) is 18.9. The molecule has 0 spiro atoms. The largest absolute Gasteiger partial charge is 0.334 e. The van der Waals surface area contributed by atoms with E-state index in [1.54, 1.807) is 46.4 Å². The van der Waals surface area contributed by atoms with Gasteiger partial charge in [-0.2, -0.15) is 0 Å². The lowest BCUT2D eigenvalue weighted by Gasteiger charge is -2.30. The third-order valence-electron chi connectivity index (χ3n) is 5.68. The van der Waals surface area contributed by atoms with Gasteiger partial charge in [0.1, 0.15) is 5.82 Å². The number of hydrogen-bond acceptors (Lipinski definition) is 4. The molecule has 2 N–H and O–H groups in total. The number of nitrogens with zero attached hydrogens (tertiary/aromatic N) is 1. The quantitative estimate of drug-likeness (QED) is 0.188. The number of hydroxylamine groups is 1. The summed E-state index contributed by atoms with van der Waals surface area (Å²) in [6.07, 6.45) is 4.48. The van der Waals surface area contributed by atoms with Gasteiger partial charge in [0.2, 0.25) is 0 Å². The topological polar surface area (TPSA) is 69.6 Å². The van der Waals surface area contributed by atoms with Crippen LogP contribution in [0.25, 0.3) is 11.6 Å². The number of fused-ring (bicyclic) bond motifs is 1. The number of thioether (sulfide) groups is 1. The minimum Gasteiger partial charge on any atom is -0.334 e. The molecule has 33 heavy (non-hydrogen) atoms. The first-order chi connectivity index (χ1) is 16.0. The van der Waals surface area contributed by atoms with Gasteiger partial charge in [0.15, 0.2) is 0 Å². The normalized spacial score (nSPS) is 13.4. The summed E-state index contributed by atoms with van der Waals surface area (Å²) in [6.45, 7) is 0.867. The van der Waals surface area contributed by atoms with Crippen molar-refractivity contribution >= 4 is 35.2 Å². The maximum Gasteiger partial charge on any atom is 0.274 e. The van der Waals surface area contributed by atoms with Gasteiger partial charge in [-0.3, -0.25) is 14.8 Å². The van der Waals surface area contributed by atoms with E-state index in [-0.39, 0.29) is 11.7 Å². The number of halogens is 1. The van der Waals surface area contributed by atoms with Crippen molar-refractivity contribution in [3.8, 4) is 0 Å². The Bertz CT molecular complexity index is 1210. The molecule has 7 heteroatoms. The number of benzene rings is 3. The van der Waals surface area contributed by atoms with E-state index in [0.717, 1.165) is 21.6 Å². The zero-order chi connectivity index (χ0) is 23.4. The lowest BCUT2D eigenvalue weighted by molar-refractivity contribution is -0.125. The molecule has 168 valence electrons. The number of amides is 2. The van der Waals surface area contributed by atoms with Gasteiger partial charge in [-0.25, -0.2) is 9.87 Å². The average molecular weight is 463 g/mol. The van der Waals surface area contributed by atoms with Gasteiger partial charge < -0.3 is 4.90 Å². The van der Waals surface area contributed by atoms with E-state index in [1.807, 2.05) is 42.7 Å². The predicted molar refractivity (Wildman–Crippen MR) is 127 cm³/mol. The lowest BCUT2D eigenvalue weighted by Crippen LogP contribution is -2.36. The number of carbonyl (C=O) groups is 2. The Kier molecular flexibility index (Phi) is 6.91. The molecule has 3 aromatic rings. The highest BCUT2D eigenvalue weighted by molar-refractivity contribution is 7.98. The van der Waals surface area contributed by atoms with E-state index in [1.165, 1.54) is 12.1 Å². The van der Waals surface area contributed by atoms with Gasteiger partial charge >= 0.3 is 0 Å². The summed E-state index contributed by atoms with van der Waals surface area (Å²) in [6, 6.07) is 19.0. The van der Waals surface area contributed by atoms with Crippen molar-refractivity contribution in [3.05, 3.63) is 100 Å². The molecule has 4 rings (SSSR count). The fourth-order valence-electron chi connectivity index (χ4n) is 3.87. The molecule has 0 bridgehead atoms. The van der Waals surface area contributed by atoms with Crippen LogP contribution in [0.1, 0.15) is 32.6 Å². The van der Waals surface area contributed by atoms with Crippen molar-refractivity contribution in [2.75, 3.05) is 12.8 Å². The molecular formula is C26H23FN2O3S. The average Bonchev–Trinajstić information content (AvgIpc) is 2.86. The second-order valence-electron chi connectivity index (χ2n) is 7.74. The van der Waals surface area contributed by atoms with Crippen LogP contribution >= 0.6 is 11.8 Å². The summed E-state index contributed by atoms with van der Waals surface area (Å²) in [5, 5.41) is 8.92. The minimum atomic E-state index is -0.596. The summed E-state index contributed by atoms with van der Waals surface area (Å²) in [5.41, 5.74) is 5.87. The number of nitrogens with one attached hydrogen (secondary N) is 1. The molecule has 0 saturated heterocycles. The van der Waals surface area contributed by atoms with Crippen molar-refractivity contribution in [3.63, 3.8) is 0 Å². The summed E-state index contributed by atoms with van der Waals surface area (Å²) in [4.78, 5) is 28.3. The lowest BCUT2D eigenvalue weighted by atomic mass is 9.95. The molecule has 5 nitrogen and oxygen atoms in total. The summed E-state index contributed by atoms with van der Waals surface area (Å²) in [7, 11) is 0. The molecule has 1 aliphatic heterocycles. The van der Waals surface area contributed by atoms with Gasteiger partial charge in [0.05, 0.1) is 0 Å². The fraction of sp³-hybridized carbons (Fsp3) is 0.154. The van der Waals surface area contributed by atoms with Crippen LogP contribution in [0.3, 0.4) is 0 Å². The molecule has 0 fully saturated rings. The van der Waals surface area contributed by atoms with Crippen molar-refractivity contribution in [1.82, 2.24) is 10.4 Å². The van der Waals surface area contributed by atoms with Crippen LogP contribution in [0, 0.1) is 5.82 Å². The Hall–Kier alpha value is -3.42. The summed E-state index contributed by atoms with van der Waals surface area (Å²) in [5.74, 6) is -1.13. The van der Waals surface area contributed by atoms with E-state index in [4.69, 9.17) is 5.21 Å². The van der Waals surface area contributed by atoms with E-state index < -0.39 is 5.91 Å².